The summed E-state index contributed by atoms with van der Waals surface area (Å²) in [7, 11) is 2.01. The molecule has 0 amide bonds. The molecule has 0 aliphatic rings. The van der Waals surface area contributed by atoms with Gasteiger partial charge in [0.15, 0.2) is 5.69 Å². The Morgan fingerprint density at radius 2 is 1.71 bits per heavy atom. The molecule has 0 unspecified atom stereocenters. The summed E-state index contributed by atoms with van der Waals surface area (Å²) in [6, 6.07) is 4.11. The van der Waals surface area contributed by atoms with Gasteiger partial charge in [-0.05, 0) is 37.4 Å². The van der Waals surface area contributed by atoms with Crippen molar-refractivity contribution in [3.8, 4) is 11.4 Å². The van der Waals surface area contributed by atoms with Crippen molar-refractivity contribution in [2.24, 2.45) is 7.05 Å². The quantitative estimate of drug-likeness (QED) is 0.700. The molecule has 0 aliphatic heterocycles. The Bertz CT molecular complexity index is 551. The van der Waals surface area contributed by atoms with Crippen LogP contribution < -0.4 is 4.57 Å². The maximum atomic E-state index is 4.62. The molecule has 17 heavy (non-hydrogen) atoms. The Morgan fingerprint density at radius 3 is 2.35 bits per heavy atom. The summed E-state index contributed by atoms with van der Waals surface area (Å²) in [5.74, 6) is 0.979. The van der Waals surface area contributed by atoms with Crippen molar-refractivity contribution >= 4 is 0 Å². The molecule has 2 rings (SSSR count). The first-order valence-electron chi connectivity index (χ1n) is 5.77. The van der Waals surface area contributed by atoms with Crippen LogP contribution in [0.1, 0.15) is 22.6 Å². The molecule has 2 heterocycles. The summed E-state index contributed by atoms with van der Waals surface area (Å²) in [4.78, 5) is 9.15. The van der Waals surface area contributed by atoms with Gasteiger partial charge in [-0.25, -0.2) is 4.57 Å². The van der Waals surface area contributed by atoms with E-state index in [1.54, 1.807) is 0 Å². The number of pyridine rings is 1. The van der Waals surface area contributed by atoms with E-state index >= 15 is 0 Å². The monoisotopic (exact) mass is 228 g/mol. The first-order valence-corrected chi connectivity index (χ1v) is 5.77. The lowest BCUT2D eigenvalue weighted by Crippen LogP contribution is -2.32. The third kappa shape index (κ3) is 2.18. The third-order valence-electron chi connectivity index (χ3n) is 2.90. The molecule has 0 fully saturated rings. The molecule has 0 aromatic carbocycles. The topological polar surface area (TPSA) is 29.7 Å². The molecular formula is C14H18N3+. The molecule has 0 spiro atoms. The fourth-order valence-electron chi connectivity index (χ4n) is 2.17. The Labute approximate surface area is 102 Å². The van der Waals surface area contributed by atoms with Gasteiger partial charge in [-0.2, -0.15) is 0 Å². The smallest absolute Gasteiger partial charge is 0.258 e. The molecule has 0 saturated heterocycles. The van der Waals surface area contributed by atoms with Crippen LogP contribution in [0.2, 0.25) is 0 Å². The maximum absolute atomic E-state index is 4.62. The molecule has 3 heteroatoms. The molecule has 88 valence electrons. The lowest BCUT2D eigenvalue weighted by atomic mass is 10.1. The zero-order valence-corrected chi connectivity index (χ0v) is 11.1. The first-order chi connectivity index (χ1) is 7.99. The van der Waals surface area contributed by atoms with E-state index in [0.717, 1.165) is 28.5 Å². The van der Waals surface area contributed by atoms with Crippen molar-refractivity contribution in [3.05, 3.63) is 41.0 Å². The Balaban J connectivity index is 2.72. The van der Waals surface area contributed by atoms with Crippen LogP contribution in [-0.4, -0.2) is 9.97 Å². The zero-order chi connectivity index (χ0) is 12.6. The van der Waals surface area contributed by atoms with Crippen molar-refractivity contribution in [1.82, 2.24) is 9.97 Å². The van der Waals surface area contributed by atoms with Crippen LogP contribution in [0.4, 0.5) is 0 Å². The van der Waals surface area contributed by atoms with Crippen LogP contribution in [0, 0.1) is 27.7 Å². The molecule has 2 aromatic heterocycles. The number of aromatic nitrogens is 3. The number of aryl methyl sites for hydroxylation is 5. The fourth-order valence-corrected chi connectivity index (χ4v) is 2.17. The van der Waals surface area contributed by atoms with Gasteiger partial charge in [-0.3, -0.25) is 4.98 Å². The van der Waals surface area contributed by atoms with Gasteiger partial charge in [0.05, 0.1) is 24.5 Å². The highest BCUT2D eigenvalue weighted by molar-refractivity contribution is 5.60. The SMILES string of the molecule is Cc1cc(C)c(-c2nc(C)cc[n+]2C)c(C)n1. The van der Waals surface area contributed by atoms with E-state index in [-0.39, 0.29) is 0 Å². The van der Waals surface area contributed by atoms with Crippen molar-refractivity contribution in [3.63, 3.8) is 0 Å². The Morgan fingerprint density at radius 1 is 1.00 bits per heavy atom. The molecule has 0 radical (unpaired) electrons. The minimum Gasteiger partial charge on any atom is -0.258 e. The molecule has 0 aliphatic carbocycles. The van der Waals surface area contributed by atoms with Gasteiger partial charge in [0.25, 0.3) is 0 Å². The summed E-state index contributed by atoms with van der Waals surface area (Å²) < 4.78 is 2.04. The minimum absolute atomic E-state index is 0.979. The highest BCUT2D eigenvalue weighted by Gasteiger charge is 2.19. The summed E-state index contributed by atoms with van der Waals surface area (Å²) in [6.45, 7) is 8.18. The van der Waals surface area contributed by atoms with Gasteiger partial charge in [-0.15, -0.1) is 0 Å². The van der Waals surface area contributed by atoms with Crippen LogP contribution >= 0.6 is 0 Å². The molecule has 0 bridgehead atoms. The summed E-state index contributed by atoms with van der Waals surface area (Å²) in [6.07, 6.45) is 2.04. The lowest BCUT2D eigenvalue weighted by molar-refractivity contribution is -0.663. The molecule has 0 atom stereocenters. The van der Waals surface area contributed by atoms with Crippen molar-refractivity contribution in [2.75, 3.05) is 0 Å². The predicted octanol–water partition coefficient (Wildman–Crippen LogP) is 2.20. The van der Waals surface area contributed by atoms with E-state index < -0.39 is 0 Å². The number of hydrogen-bond donors (Lipinski definition) is 0. The lowest BCUT2D eigenvalue weighted by Gasteiger charge is -2.07. The van der Waals surface area contributed by atoms with Gasteiger partial charge in [0.2, 0.25) is 0 Å². The highest BCUT2D eigenvalue weighted by Crippen LogP contribution is 2.22. The molecular weight excluding hydrogens is 210 g/mol. The zero-order valence-electron chi connectivity index (χ0n) is 11.1. The summed E-state index contributed by atoms with van der Waals surface area (Å²) in [5.41, 5.74) is 5.48. The van der Waals surface area contributed by atoms with Crippen LogP contribution in [0.3, 0.4) is 0 Å². The van der Waals surface area contributed by atoms with Gasteiger partial charge in [0.1, 0.15) is 0 Å². The predicted molar refractivity (Wildman–Crippen MR) is 67.6 cm³/mol. The normalized spacial score (nSPS) is 10.6. The summed E-state index contributed by atoms with van der Waals surface area (Å²) in [5, 5.41) is 0. The van der Waals surface area contributed by atoms with Crippen molar-refractivity contribution < 1.29 is 4.57 Å². The second kappa shape index (κ2) is 4.24. The molecule has 3 nitrogen and oxygen atoms in total. The highest BCUT2D eigenvalue weighted by atomic mass is 15.0. The van der Waals surface area contributed by atoms with E-state index in [1.807, 2.05) is 44.6 Å². The second-order valence-electron chi connectivity index (χ2n) is 4.54. The van der Waals surface area contributed by atoms with Crippen LogP contribution in [0.15, 0.2) is 18.3 Å². The van der Waals surface area contributed by atoms with E-state index in [4.69, 9.17) is 0 Å². The van der Waals surface area contributed by atoms with Crippen molar-refractivity contribution in [2.45, 2.75) is 27.7 Å². The fraction of sp³-hybridized carbons (Fsp3) is 0.357. The van der Waals surface area contributed by atoms with Gasteiger partial charge >= 0.3 is 5.82 Å². The van der Waals surface area contributed by atoms with Crippen LogP contribution in [-0.2, 0) is 7.05 Å². The van der Waals surface area contributed by atoms with E-state index in [0.29, 0.717) is 0 Å². The largest absolute Gasteiger partial charge is 0.332 e. The van der Waals surface area contributed by atoms with Gasteiger partial charge in [0, 0.05) is 18.7 Å². The van der Waals surface area contributed by atoms with E-state index in [2.05, 4.69) is 23.0 Å². The average Bonchev–Trinajstić information content (AvgIpc) is 2.21. The van der Waals surface area contributed by atoms with Crippen molar-refractivity contribution in [1.29, 1.82) is 0 Å². The standard InChI is InChI=1S/C14H18N3/c1-9-8-11(3)15-12(4)13(9)14-16-10(2)6-7-17(14)5/h6-8H,1-5H3/q+1. The second-order valence-corrected chi connectivity index (χ2v) is 4.54. The van der Waals surface area contributed by atoms with Gasteiger partial charge in [-0.1, -0.05) is 0 Å². The maximum Gasteiger partial charge on any atom is 0.332 e. The van der Waals surface area contributed by atoms with E-state index in [9.17, 15) is 0 Å². The van der Waals surface area contributed by atoms with Gasteiger partial charge < -0.3 is 0 Å². The van der Waals surface area contributed by atoms with Crippen LogP contribution in [0.25, 0.3) is 11.4 Å². The van der Waals surface area contributed by atoms with Crippen LogP contribution in [0.5, 0.6) is 0 Å². The Kier molecular flexibility index (Phi) is 2.92. The summed E-state index contributed by atoms with van der Waals surface area (Å²) >= 11 is 0. The Hall–Kier alpha value is -1.77. The minimum atomic E-state index is 0.979. The average molecular weight is 228 g/mol. The number of hydrogen-bond acceptors (Lipinski definition) is 2. The molecule has 0 N–H and O–H groups in total. The molecule has 0 saturated carbocycles. The number of nitrogens with zero attached hydrogens (tertiary/aromatic N) is 3. The molecule has 2 aromatic rings. The first kappa shape index (κ1) is 11.7. The number of rotatable bonds is 1. The third-order valence-corrected chi connectivity index (χ3v) is 2.90. The van der Waals surface area contributed by atoms with E-state index in [1.165, 1.54) is 5.56 Å².